The van der Waals surface area contributed by atoms with Gasteiger partial charge < -0.3 is 14.8 Å². The van der Waals surface area contributed by atoms with Gasteiger partial charge in [0.25, 0.3) is 10.1 Å². The van der Waals surface area contributed by atoms with Crippen LogP contribution in [0.5, 0.6) is 0 Å². The molecular formula is C22H27NO7S2. The van der Waals surface area contributed by atoms with Gasteiger partial charge in [-0.2, -0.15) is 8.42 Å². The van der Waals surface area contributed by atoms with Crippen LogP contribution in [0, 0.1) is 12.8 Å². The Morgan fingerprint density at radius 1 is 1.19 bits per heavy atom. The molecule has 1 amide bonds. The van der Waals surface area contributed by atoms with E-state index in [0.29, 0.717) is 4.88 Å². The number of benzene rings is 1. The van der Waals surface area contributed by atoms with Crippen LogP contribution in [0.1, 0.15) is 32.6 Å². The molecule has 0 spiro atoms. The van der Waals surface area contributed by atoms with Gasteiger partial charge in [-0.05, 0) is 37.1 Å². The Morgan fingerprint density at radius 3 is 2.56 bits per heavy atom. The van der Waals surface area contributed by atoms with Gasteiger partial charge >= 0.3 is 12.1 Å². The number of esters is 1. The Labute approximate surface area is 192 Å². The number of thiophene rings is 1. The fraction of sp³-hybridized carbons (Fsp3) is 0.364. The summed E-state index contributed by atoms with van der Waals surface area (Å²) in [5, 5.41) is 2.62. The van der Waals surface area contributed by atoms with E-state index < -0.39 is 22.1 Å². The van der Waals surface area contributed by atoms with Crippen molar-refractivity contribution < 1.29 is 31.7 Å². The Bertz CT molecular complexity index is 1030. The molecule has 2 rings (SSSR count). The first-order chi connectivity index (χ1) is 15.2. The van der Waals surface area contributed by atoms with E-state index in [1.807, 2.05) is 37.3 Å². The fourth-order valence-corrected chi connectivity index (χ4v) is 3.97. The molecule has 0 fully saturated rings. The number of alkyl carbamates (subject to hydrolysis) is 1. The quantitative estimate of drug-likeness (QED) is 0.384. The van der Waals surface area contributed by atoms with E-state index in [1.54, 1.807) is 25.1 Å². The Balaban J connectivity index is 2.00. The summed E-state index contributed by atoms with van der Waals surface area (Å²) in [5.41, 5.74) is 1.73. The summed E-state index contributed by atoms with van der Waals surface area (Å²) in [4.78, 5) is 25.2. The first-order valence-electron chi connectivity index (χ1n) is 9.92. The van der Waals surface area contributed by atoms with Gasteiger partial charge in [-0.3, -0.25) is 4.18 Å². The molecule has 0 bridgehead atoms. The van der Waals surface area contributed by atoms with Gasteiger partial charge in [0, 0.05) is 17.3 Å². The molecule has 0 aliphatic rings. The second kappa shape index (κ2) is 12.4. The number of carbonyl (C=O) groups excluding carboxylic acids is 2. The minimum absolute atomic E-state index is 0.106. The fourth-order valence-electron chi connectivity index (χ4n) is 2.57. The van der Waals surface area contributed by atoms with E-state index in [2.05, 4.69) is 5.32 Å². The molecule has 10 heteroatoms. The van der Waals surface area contributed by atoms with Crippen LogP contribution < -0.4 is 5.32 Å². The lowest BCUT2D eigenvalue weighted by Crippen LogP contribution is -2.31. The SMILES string of the molecule is CCOC(=O)c1cc(C)c(C=CC(CNC(=O)OCc2ccccc2)COS(C)(=O)=O)s1. The number of nitrogens with one attached hydrogen (secondary N) is 1. The second-order valence-corrected chi connectivity index (χ2v) is 9.66. The van der Waals surface area contributed by atoms with Crippen LogP contribution >= 0.6 is 11.3 Å². The summed E-state index contributed by atoms with van der Waals surface area (Å²) in [5.74, 6) is -0.832. The molecule has 0 aliphatic heterocycles. The van der Waals surface area contributed by atoms with Crippen molar-refractivity contribution in [1.29, 1.82) is 0 Å². The van der Waals surface area contributed by atoms with E-state index in [4.69, 9.17) is 13.7 Å². The summed E-state index contributed by atoms with van der Waals surface area (Å²) in [6, 6.07) is 11.0. The smallest absolute Gasteiger partial charge is 0.407 e. The second-order valence-electron chi connectivity index (χ2n) is 6.93. The summed E-state index contributed by atoms with van der Waals surface area (Å²) in [6.07, 6.45) is 3.85. The predicted molar refractivity (Wildman–Crippen MR) is 123 cm³/mol. The van der Waals surface area contributed by atoms with Crippen molar-refractivity contribution in [2.45, 2.75) is 20.5 Å². The first kappa shape index (κ1) is 25.6. The van der Waals surface area contributed by atoms with Crippen molar-refractivity contribution >= 4 is 39.6 Å². The molecule has 8 nitrogen and oxygen atoms in total. The summed E-state index contributed by atoms with van der Waals surface area (Å²) in [6.45, 7) is 3.97. The Morgan fingerprint density at radius 2 is 1.91 bits per heavy atom. The molecule has 0 aliphatic carbocycles. The van der Waals surface area contributed by atoms with Crippen LogP contribution in [0.3, 0.4) is 0 Å². The maximum atomic E-state index is 12.0. The lowest BCUT2D eigenvalue weighted by molar-refractivity contribution is 0.0532. The predicted octanol–water partition coefficient (Wildman–Crippen LogP) is 3.77. The van der Waals surface area contributed by atoms with Gasteiger partial charge in [0.1, 0.15) is 11.5 Å². The summed E-state index contributed by atoms with van der Waals surface area (Å²) in [7, 11) is -3.64. The van der Waals surface area contributed by atoms with Gasteiger partial charge in [0.05, 0.1) is 19.5 Å². The Hall–Kier alpha value is -2.69. The summed E-state index contributed by atoms with van der Waals surface area (Å²) >= 11 is 1.27. The molecule has 1 N–H and O–H groups in total. The Kier molecular flexibility index (Phi) is 9.89. The highest BCUT2D eigenvalue weighted by molar-refractivity contribution is 7.85. The van der Waals surface area contributed by atoms with Crippen molar-refractivity contribution in [1.82, 2.24) is 5.32 Å². The van der Waals surface area contributed by atoms with E-state index in [-0.39, 0.29) is 32.3 Å². The van der Waals surface area contributed by atoms with E-state index in [1.165, 1.54) is 11.3 Å². The van der Waals surface area contributed by atoms with Crippen LogP contribution in [0.4, 0.5) is 4.79 Å². The van der Waals surface area contributed by atoms with Gasteiger partial charge in [-0.15, -0.1) is 11.3 Å². The standard InChI is InChI=1S/C22H27NO7S2/c1-4-28-21(24)20-12-16(2)19(31-20)11-10-18(15-30-32(3,26)27)13-23-22(25)29-14-17-8-6-5-7-9-17/h5-12,18H,4,13-15H2,1-3H3,(H,23,25). The normalized spacial score (nSPS) is 12.5. The number of ether oxygens (including phenoxy) is 2. The zero-order chi connectivity index (χ0) is 23.6. The van der Waals surface area contributed by atoms with Gasteiger partial charge in [-0.1, -0.05) is 36.4 Å². The van der Waals surface area contributed by atoms with E-state index in [9.17, 15) is 18.0 Å². The average molecular weight is 482 g/mol. The monoisotopic (exact) mass is 481 g/mol. The molecule has 2 aromatic rings. The number of hydrogen-bond donors (Lipinski definition) is 1. The average Bonchev–Trinajstić information content (AvgIpc) is 3.12. The molecule has 32 heavy (non-hydrogen) atoms. The molecule has 0 radical (unpaired) electrons. The lowest BCUT2D eigenvalue weighted by atomic mass is 10.1. The van der Waals surface area contributed by atoms with Crippen molar-refractivity contribution in [3.63, 3.8) is 0 Å². The number of carbonyl (C=O) groups is 2. The number of amides is 1. The molecular weight excluding hydrogens is 454 g/mol. The third-order valence-corrected chi connectivity index (χ3v) is 5.92. The van der Waals surface area contributed by atoms with Crippen LogP contribution in [0.15, 0.2) is 42.5 Å². The van der Waals surface area contributed by atoms with Gasteiger partial charge in [-0.25, -0.2) is 9.59 Å². The molecule has 0 saturated carbocycles. The van der Waals surface area contributed by atoms with Crippen LogP contribution in [-0.4, -0.2) is 46.5 Å². The minimum atomic E-state index is -3.64. The molecule has 1 atom stereocenters. The van der Waals surface area contributed by atoms with Gasteiger partial charge in [0.15, 0.2) is 0 Å². The van der Waals surface area contributed by atoms with Crippen molar-refractivity contribution in [2.75, 3.05) is 26.0 Å². The maximum absolute atomic E-state index is 12.0. The molecule has 1 heterocycles. The van der Waals surface area contributed by atoms with E-state index in [0.717, 1.165) is 22.3 Å². The molecule has 0 saturated heterocycles. The third kappa shape index (κ3) is 9.21. The molecule has 174 valence electrons. The number of hydrogen-bond acceptors (Lipinski definition) is 8. The third-order valence-electron chi connectivity index (χ3n) is 4.17. The van der Waals surface area contributed by atoms with Crippen LogP contribution in [0.2, 0.25) is 0 Å². The van der Waals surface area contributed by atoms with E-state index >= 15 is 0 Å². The minimum Gasteiger partial charge on any atom is -0.462 e. The highest BCUT2D eigenvalue weighted by Gasteiger charge is 2.15. The van der Waals surface area contributed by atoms with Crippen LogP contribution in [0.25, 0.3) is 6.08 Å². The zero-order valence-electron chi connectivity index (χ0n) is 18.2. The van der Waals surface area contributed by atoms with Gasteiger partial charge in [0.2, 0.25) is 0 Å². The number of rotatable bonds is 11. The highest BCUT2D eigenvalue weighted by atomic mass is 32.2. The number of aryl methyl sites for hydroxylation is 1. The molecule has 1 aromatic heterocycles. The lowest BCUT2D eigenvalue weighted by Gasteiger charge is -2.14. The van der Waals surface area contributed by atoms with Crippen molar-refractivity contribution in [3.8, 4) is 0 Å². The van der Waals surface area contributed by atoms with Crippen molar-refractivity contribution in [2.24, 2.45) is 5.92 Å². The van der Waals surface area contributed by atoms with Crippen molar-refractivity contribution in [3.05, 3.63) is 63.4 Å². The first-order valence-corrected chi connectivity index (χ1v) is 12.6. The topological polar surface area (TPSA) is 108 Å². The molecule has 1 aromatic carbocycles. The highest BCUT2D eigenvalue weighted by Crippen LogP contribution is 2.24. The molecule has 1 unspecified atom stereocenters. The van der Waals surface area contributed by atoms with Crippen LogP contribution in [-0.2, 0) is 30.4 Å². The zero-order valence-corrected chi connectivity index (χ0v) is 19.8. The summed E-state index contributed by atoms with van der Waals surface area (Å²) < 4.78 is 37.9. The maximum Gasteiger partial charge on any atom is 0.407 e. The largest absolute Gasteiger partial charge is 0.462 e.